The van der Waals surface area contributed by atoms with Crippen molar-refractivity contribution in [3.8, 4) is 0 Å². The highest BCUT2D eigenvalue weighted by atomic mass is 16.3. The second kappa shape index (κ2) is 5.32. The Morgan fingerprint density at radius 1 is 1.64 bits per heavy atom. The molecule has 1 saturated heterocycles. The summed E-state index contributed by atoms with van der Waals surface area (Å²) in [7, 11) is 0. The van der Waals surface area contributed by atoms with Crippen molar-refractivity contribution >= 4 is 5.91 Å². The van der Waals surface area contributed by atoms with Gasteiger partial charge < -0.3 is 15.3 Å². The van der Waals surface area contributed by atoms with Crippen molar-refractivity contribution in [2.75, 3.05) is 26.2 Å². The molecule has 82 valence electrons. The van der Waals surface area contributed by atoms with Gasteiger partial charge in [-0.15, -0.1) is 0 Å². The predicted octanol–water partition coefficient (Wildman–Crippen LogP) is -0.175. The van der Waals surface area contributed by atoms with Gasteiger partial charge in [-0.1, -0.05) is 13.8 Å². The number of hydrogen-bond acceptors (Lipinski definition) is 3. The number of carbonyl (C=O) groups excluding carboxylic acids is 1. The first-order valence-electron chi connectivity index (χ1n) is 5.28. The van der Waals surface area contributed by atoms with Crippen molar-refractivity contribution in [2.45, 2.75) is 26.3 Å². The van der Waals surface area contributed by atoms with E-state index in [0.29, 0.717) is 5.92 Å². The van der Waals surface area contributed by atoms with Crippen LogP contribution in [-0.4, -0.2) is 48.2 Å². The summed E-state index contributed by atoms with van der Waals surface area (Å²) in [5, 5.41) is 12.1. The summed E-state index contributed by atoms with van der Waals surface area (Å²) < 4.78 is 0. The lowest BCUT2D eigenvalue weighted by Gasteiger charge is -2.25. The summed E-state index contributed by atoms with van der Waals surface area (Å²) >= 11 is 0. The first-order valence-corrected chi connectivity index (χ1v) is 5.28. The fourth-order valence-corrected chi connectivity index (χ4v) is 1.73. The lowest BCUT2D eigenvalue weighted by Crippen LogP contribution is -2.46. The highest BCUT2D eigenvalue weighted by Gasteiger charge is 2.25. The number of hydrogen-bond donors (Lipinski definition) is 2. The molecular formula is C10H20N2O2. The maximum atomic E-state index is 11.8. The highest BCUT2D eigenvalue weighted by molar-refractivity contribution is 5.82. The molecule has 0 saturated carbocycles. The molecule has 0 radical (unpaired) electrons. The molecule has 0 aliphatic carbocycles. The van der Waals surface area contributed by atoms with Crippen LogP contribution in [0.5, 0.6) is 0 Å². The van der Waals surface area contributed by atoms with Crippen LogP contribution in [0.2, 0.25) is 0 Å². The molecule has 0 spiro atoms. The molecular weight excluding hydrogens is 180 g/mol. The molecule has 4 nitrogen and oxygen atoms in total. The number of nitrogens with zero attached hydrogens (tertiary/aromatic N) is 1. The molecule has 1 fully saturated rings. The quantitative estimate of drug-likeness (QED) is 0.665. The number of amides is 1. The van der Waals surface area contributed by atoms with Gasteiger partial charge in [-0.2, -0.15) is 0 Å². The van der Waals surface area contributed by atoms with Crippen LogP contribution in [0.4, 0.5) is 0 Å². The first kappa shape index (κ1) is 11.5. The number of carbonyl (C=O) groups is 1. The average molecular weight is 200 g/mol. The van der Waals surface area contributed by atoms with Crippen molar-refractivity contribution in [3.05, 3.63) is 0 Å². The molecule has 1 rings (SSSR count). The maximum absolute atomic E-state index is 11.8. The van der Waals surface area contributed by atoms with Crippen molar-refractivity contribution in [2.24, 2.45) is 5.92 Å². The Kier molecular flexibility index (Phi) is 4.35. The minimum atomic E-state index is -0.392. The van der Waals surface area contributed by atoms with E-state index in [4.69, 9.17) is 5.11 Å². The fourth-order valence-electron chi connectivity index (χ4n) is 1.73. The third-order valence-corrected chi connectivity index (χ3v) is 2.37. The minimum Gasteiger partial charge on any atom is -0.394 e. The molecule has 14 heavy (non-hydrogen) atoms. The van der Waals surface area contributed by atoms with E-state index in [1.54, 1.807) is 0 Å². The molecule has 0 aromatic heterocycles. The van der Waals surface area contributed by atoms with Crippen LogP contribution >= 0.6 is 0 Å². The van der Waals surface area contributed by atoms with Crippen LogP contribution in [0.3, 0.4) is 0 Å². The van der Waals surface area contributed by atoms with Gasteiger partial charge >= 0.3 is 0 Å². The Morgan fingerprint density at radius 3 is 2.93 bits per heavy atom. The number of nitrogens with one attached hydrogen (secondary N) is 1. The van der Waals surface area contributed by atoms with Gasteiger partial charge in [0.15, 0.2) is 0 Å². The SMILES string of the molecule is CC(C)CN1CCCNC(CO)C1=O. The van der Waals surface area contributed by atoms with Gasteiger partial charge in [0, 0.05) is 13.1 Å². The molecule has 0 aromatic rings. The lowest BCUT2D eigenvalue weighted by atomic mass is 10.2. The van der Waals surface area contributed by atoms with Crippen LogP contribution in [-0.2, 0) is 4.79 Å². The lowest BCUT2D eigenvalue weighted by molar-refractivity contribution is -0.134. The van der Waals surface area contributed by atoms with Crippen molar-refractivity contribution in [1.29, 1.82) is 0 Å². The summed E-state index contributed by atoms with van der Waals surface area (Å²) in [5.74, 6) is 0.523. The van der Waals surface area contributed by atoms with Gasteiger partial charge in [0.2, 0.25) is 5.91 Å². The molecule has 1 amide bonds. The van der Waals surface area contributed by atoms with Crippen LogP contribution in [0.25, 0.3) is 0 Å². The zero-order chi connectivity index (χ0) is 10.6. The monoisotopic (exact) mass is 200 g/mol. The van der Waals surface area contributed by atoms with Crippen LogP contribution in [0.1, 0.15) is 20.3 Å². The summed E-state index contributed by atoms with van der Waals surface area (Å²) in [6.07, 6.45) is 0.967. The highest BCUT2D eigenvalue weighted by Crippen LogP contribution is 2.06. The largest absolute Gasteiger partial charge is 0.394 e. The normalized spacial score (nSPS) is 24.1. The van der Waals surface area contributed by atoms with E-state index in [0.717, 1.165) is 26.1 Å². The molecule has 1 unspecified atom stereocenters. The van der Waals surface area contributed by atoms with E-state index >= 15 is 0 Å². The number of rotatable bonds is 3. The fraction of sp³-hybridized carbons (Fsp3) is 0.900. The van der Waals surface area contributed by atoms with E-state index in [9.17, 15) is 4.79 Å². The minimum absolute atomic E-state index is 0.0405. The molecule has 1 aliphatic rings. The van der Waals surface area contributed by atoms with Gasteiger partial charge in [0.1, 0.15) is 6.04 Å². The van der Waals surface area contributed by atoms with Gasteiger partial charge in [-0.3, -0.25) is 4.79 Å². The van der Waals surface area contributed by atoms with E-state index < -0.39 is 6.04 Å². The van der Waals surface area contributed by atoms with Crippen LogP contribution in [0.15, 0.2) is 0 Å². The van der Waals surface area contributed by atoms with Crippen molar-refractivity contribution in [1.82, 2.24) is 10.2 Å². The molecule has 1 aliphatic heterocycles. The molecule has 0 aromatic carbocycles. The third-order valence-electron chi connectivity index (χ3n) is 2.37. The number of aliphatic hydroxyl groups excluding tert-OH is 1. The van der Waals surface area contributed by atoms with Crippen molar-refractivity contribution < 1.29 is 9.90 Å². The Hall–Kier alpha value is -0.610. The second-order valence-corrected chi connectivity index (χ2v) is 4.22. The molecule has 1 atom stereocenters. The molecule has 0 bridgehead atoms. The average Bonchev–Trinajstić information content (AvgIpc) is 2.29. The molecule has 1 heterocycles. The summed E-state index contributed by atoms with van der Waals surface area (Å²) in [5.41, 5.74) is 0. The third kappa shape index (κ3) is 2.96. The number of aliphatic hydroxyl groups is 1. The first-order chi connectivity index (χ1) is 6.65. The van der Waals surface area contributed by atoms with Crippen molar-refractivity contribution in [3.63, 3.8) is 0 Å². The smallest absolute Gasteiger partial charge is 0.242 e. The van der Waals surface area contributed by atoms with Gasteiger partial charge in [0.05, 0.1) is 6.61 Å². The van der Waals surface area contributed by atoms with Gasteiger partial charge in [-0.25, -0.2) is 0 Å². The van der Waals surface area contributed by atoms with Crippen LogP contribution in [0, 0.1) is 5.92 Å². The molecule has 4 heteroatoms. The topological polar surface area (TPSA) is 52.6 Å². The summed E-state index contributed by atoms with van der Waals surface area (Å²) in [4.78, 5) is 13.7. The van der Waals surface area contributed by atoms with Gasteiger partial charge in [-0.05, 0) is 18.9 Å². The van der Waals surface area contributed by atoms with E-state index in [1.165, 1.54) is 0 Å². The molecule has 2 N–H and O–H groups in total. The Labute approximate surface area is 85.3 Å². The van der Waals surface area contributed by atoms with Crippen LogP contribution < -0.4 is 5.32 Å². The van der Waals surface area contributed by atoms with E-state index in [2.05, 4.69) is 19.2 Å². The maximum Gasteiger partial charge on any atom is 0.242 e. The summed E-state index contributed by atoms with van der Waals surface area (Å²) in [6.45, 7) is 6.50. The Balaban J connectivity index is 2.58. The standard InChI is InChI=1S/C10H20N2O2/c1-8(2)6-12-5-3-4-11-9(7-13)10(12)14/h8-9,11,13H,3-7H2,1-2H3. The van der Waals surface area contributed by atoms with E-state index in [1.807, 2.05) is 4.90 Å². The van der Waals surface area contributed by atoms with E-state index in [-0.39, 0.29) is 12.5 Å². The zero-order valence-corrected chi connectivity index (χ0v) is 8.99. The predicted molar refractivity (Wildman–Crippen MR) is 54.9 cm³/mol. The van der Waals surface area contributed by atoms with Gasteiger partial charge in [0.25, 0.3) is 0 Å². The Bertz CT molecular complexity index is 195. The zero-order valence-electron chi connectivity index (χ0n) is 8.99. The summed E-state index contributed by atoms with van der Waals surface area (Å²) in [6, 6.07) is -0.392. The second-order valence-electron chi connectivity index (χ2n) is 4.22. The Morgan fingerprint density at radius 2 is 2.36 bits per heavy atom.